The number of hydrogen-bond donors (Lipinski definition) is 1. The van der Waals surface area contributed by atoms with Crippen LogP contribution >= 0.6 is 11.6 Å². The van der Waals surface area contributed by atoms with Crippen molar-refractivity contribution in [2.75, 3.05) is 5.32 Å². The smallest absolute Gasteiger partial charge is 0.256 e. The maximum absolute atomic E-state index is 12.3. The minimum atomic E-state index is -0.0221. The second kappa shape index (κ2) is 5.13. The van der Waals surface area contributed by atoms with Gasteiger partial charge in [-0.05, 0) is 73.9 Å². The molecule has 0 saturated carbocycles. The summed E-state index contributed by atoms with van der Waals surface area (Å²) in [6.45, 7) is 1.98. The lowest BCUT2D eigenvalue weighted by molar-refractivity contribution is -0.110. The summed E-state index contributed by atoms with van der Waals surface area (Å²) in [5.74, 6) is -0.0221. The number of aryl methyl sites for hydroxylation is 1. The number of nitrogens with one attached hydrogen (secondary N) is 1. The molecular formula is C19H18ClNO. The molecule has 0 bridgehead atoms. The zero-order valence-electron chi connectivity index (χ0n) is 12.6. The first-order chi connectivity index (χ1) is 10.6. The van der Waals surface area contributed by atoms with Crippen LogP contribution in [0.3, 0.4) is 0 Å². The first-order valence-electron chi connectivity index (χ1n) is 7.87. The molecule has 0 fully saturated rings. The van der Waals surface area contributed by atoms with Gasteiger partial charge in [-0.2, -0.15) is 0 Å². The molecule has 0 aromatic heterocycles. The van der Waals surface area contributed by atoms with E-state index in [1.165, 1.54) is 36.8 Å². The molecule has 1 heterocycles. The fourth-order valence-electron chi connectivity index (χ4n) is 3.73. The number of carbonyl (C=O) groups is 1. The van der Waals surface area contributed by atoms with Gasteiger partial charge in [0.15, 0.2) is 0 Å². The molecule has 0 atom stereocenters. The molecule has 0 unspecified atom stereocenters. The molecule has 1 amide bonds. The summed E-state index contributed by atoms with van der Waals surface area (Å²) < 4.78 is 0. The highest BCUT2D eigenvalue weighted by atomic mass is 35.5. The lowest BCUT2D eigenvalue weighted by atomic mass is 9.93. The van der Waals surface area contributed by atoms with Crippen molar-refractivity contribution in [1.29, 1.82) is 0 Å². The molecule has 1 aromatic rings. The number of rotatable bonds is 1. The number of carbonyl (C=O) groups excluding carboxylic acids is 1. The van der Waals surface area contributed by atoms with E-state index in [1.807, 2.05) is 19.1 Å². The molecule has 22 heavy (non-hydrogen) atoms. The fraction of sp³-hybridized carbons (Fsp3) is 0.316. The molecule has 0 radical (unpaired) electrons. The largest absolute Gasteiger partial charge is 0.321 e. The highest BCUT2D eigenvalue weighted by Crippen LogP contribution is 2.40. The summed E-state index contributed by atoms with van der Waals surface area (Å²) >= 11 is 6.17. The van der Waals surface area contributed by atoms with Crippen LogP contribution in [-0.4, -0.2) is 5.91 Å². The Morgan fingerprint density at radius 1 is 1.23 bits per heavy atom. The van der Waals surface area contributed by atoms with Crippen molar-refractivity contribution in [3.05, 3.63) is 57.2 Å². The van der Waals surface area contributed by atoms with E-state index in [2.05, 4.69) is 17.5 Å². The van der Waals surface area contributed by atoms with Gasteiger partial charge in [-0.15, -0.1) is 0 Å². The summed E-state index contributed by atoms with van der Waals surface area (Å²) in [7, 11) is 0. The topological polar surface area (TPSA) is 29.1 Å². The Balaban J connectivity index is 1.72. The fourth-order valence-corrected chi connectivity index (χ4v) is 4.01. The van der Waals surface area contributed by atoms with E-state index in [1.54, 1.807) is 5.57 Å². The van der Waals surface area contributed by atoms with Gasteiger partial charge in [-0.3, -0.25) is 4.79 Å². The van der Waals surface area contributed by atoms with Crippen LogP contribution in [0.15, 0.2) is 41.0 Å². The summed E-state index contributed by atoms with van der Waals surface area (Å²) in [6, 6.07) is 3.77. The quantitative estimate of drug-likeness (QED) is 0.711. The first-order valence-corrected chi connectivity index (χ1v) is 8.24. The van der Waals surface area contributed by atoms with Crippen molar-refractivity contribution >= 4 is 28.8 Å². The number of anilines is 1. The predicted octanol–water partition coefficient (Wildman–Crippen LogP) is 5.18. The summed E-state index contributed by atoms with van der Waals surface area (Å²) in [5.41, 5.74) is 7.90. The van der Waals surface area contributed by atoms with E-state index >= 15 is 0 Å². The molecule has 3 aliphatic rings. The molecule has 1 aromatic carbocycles. The van der Waals surface area contributed by atoms with Crippen molar-refractivity contribution < 1.29 is 4.79 Å². The van der Waals surface area contributed by atoms with Crippen LogP contribution in [0, 0.1) is 6.92 Å². The average molecular weight is 312 g/mol. The van der Waals surface area contributed by atoms with Gasteiger partial charge in [0.2, 0.25) is 0 Å². The van der Waals surface area contributed by atoms with Gasteiger partial charge in [-0.25, -0.2) is 0 Å². The molecule has 112 valence electrons. The van der Waals surface area contributed by atoms with Gasteiger partial charge in [0.25, 0.3) is 5.91 Å². The van der Waals surface area contributed by atoms with Crippen LogP contribution in [0.5, 0.6) is 0 Å². The number of amides is 1. The van der Waals surface area contributed by atoms with Crippen LogP contribution in [0.4, 0.5) is 5.69 Å². The molecule has 0 saturated heterocycles. The van der Waals surface area contributed by atoms with Crippen LogP contribution in [0.2, 0.25) is 5.02 Å². The van der Waals surface area contributed by atoms with E-state index < -0.39 is 0 Å². The zero-order valence-corrected chi connectivity index (χ0v) is 13.4. The minimum absolute atomic E-state index is 0.0221. The minimum Gasteiger partial charge on any atom is -0.321 e. The maximum atomic E-state index is 12.3. The third-order valence-corrected chi connectivity index (χ3v) is 5.03. The van der Waals surface area contributed by atoms with E-state index in [-0.39, 0.29) is 5.91 Å². The van der Waals surface area contributed by atoms with Crippen LogP contribution in [0.1, 0.15) is 43.2 Å². The Bertz CT molecular complexity index is 783. The second-order valence-electron chi connectivity index (χ2n) is 6.39. The van der Waals surface area contributed by atoms with Crippen molar-refractivity contribution in [2.24, 2.45) is 0 Å². The van der Waals surface area contributed by atoms with Gasteiger partial charge < -0.3 is 5.32 Å². The number of hydrogen-bond acceptors (Lipinski definition) is 1. The Morgan fingerprint density at radius 2 is 2.05 bits per heavy atom. The van der Waals surface area contributed by atoms with Gasteiger partial charge in [-0.1, -0.05) is 23.3 Å². The third kappa shape index (κ3) is 2.22. The molecular weight excluding hydrogens is 294 g/mol. The number of benzene rings is 1. The van der Waals surface area contributed by atoms with Crippen molar-refractivity contribution in [2.45, 2.75) is 39.0 Å². The third-order valence-electron chi connectivity index (χ3n) is 4.81. The number of halogens is 1. The molecule has 1 aliphatic heterocycles. The molecule has 2 nitrogen and oxygen atoms in total. The van der Waals surface area contributed by atoms with Gasteiger partial charge in [0.1, 0.15) is 0 Å². The number of allylic oxidation sites excluding steroid dienone is 5. The van der Waals surface area contributed by atoms with Crippen LogP contribution in [-0.2, 0) is 4.79 Å². The molecule has 4 rings (SSSR count). The Labute approximate surface area is 135 Å². The molecule has 1 N–H and O–H groups in total. The molecule has 0 spiro atoms. The Morgan fingerprint density at radius 3 is 2.86 bits per heavy atom. The molecule has 2 aliphatic carbocycles. The first kappa shape index (κ1) is 13.8. The van der Waals surface area contributed by atoms with E-state index in [4.69, 9.17) is 11.6 Å². The van der Waals surface area contributed by atoms with Crippen LogP contribution in [0.25, 0.3) is 5.57 Å². The Hall–Kier alpha value is -1.80. The maximum Gasteiger partial charge on any atom is 0.256 e. The summed E-state index contributed by atoms with van der Waals surface area (Å²) in [6.07, 6.45) is 10.3. The highest BCUT2D eigenvalue weighted by Gasteiger charge is 2.27. The highest BCUT2D eigenvalue weighted by molar-refractivity contribution is 6.35. The normalized spacial score (nSPS) is 21.8. The SMILES string of the molecule is Cc1cc(Cl)cc2c1NC(=O)C2=CC1=CC2=C(CCCC2)C1. The van der Waals surface area contributed by atoms with E-state index in [0.29, 0.717) is 5.02 Å². The summed E-state index contributed by atoms with van der Waals surface area (Å²) in [4.78, 5) is 12.3. The van der Waals surface area contributed by atoms with Gasteiger partial charge in [0, 0.05) is 16.2 Å². The van der Waals surface area contributed by atoms with Crippen molar-refractivity contribution in [3.63, 3.8) is 0 Å². The predicted molar refractivity (Wildman–Crippen MR) is 91.0 cm³/mol. The van der Waals surface area contributed by atoms with Crippen molar-refractivity contribution in [1.82, 2.24) is 0 Å². The monoisotopic (exact) mass is 311 g/mol. The average Bonchev–Trinajstić information content (AvgIpc) is 3.02. The molecule has 3 heteroatoms. The number of fused-ring (bicyclic) bond motifs is 1. The lowest BCUT2D eigenvalue weighted by Gasteiger charge is -2.12. The lowest BCUT2D eigenvalue weighted by Crippen LogP contribution is -2.04. The van der Waals surface area contributed by atoms with Gasteiger partial charge in [0.05, 0.1) is 5.69 Å². The van der Waals surface area contributed by atoms with Crippen LogP contribution < -0.4 is 5.32 Å². The second-order valence-corrected chi connectivity index (χ2v) is 6.83. The van der Waals surface area contributed by atoms with E-state index in [9.17, 15) is 4.79 Å². The standard InChI is InChI=1S/C19H18ClNO/c1-11-6-15(20)10-16-17(19(22)21-18(11)16)9-12-7-13-4-2-3-5-14(13)8-12/h6-7,9-10H,2-5,8H2,1H3,(H,21,22). The van der Waals surface area contributed by atoms with E-state index in [0.717, 1.165) is 28.8 Å². The van der Waals surface area contributed by atoms with Gasteiger partial charge >= 0.3 is 0 Å². The van der Waals surface area contributed by atoms with Crippen molar-refractivity contribution in [3.8, 4) is 0 Å². The Kier molecular flexibility index (Phi) is 3.23. The zero-order chi connectivity index (χ0) is 15.3. The summed E-state index contributed by atoms with van der Waals surface area (Å²) in [5, 5.41) is 3.65.